The van der Waals surface area contributed by atoms with Crippen molar-refractivity contribution in [3.8, 4) is 0 Å². The molecule has 0 amide bonds. The molecule has 0 aliphatic carbocycles. The molecule has 0 bridgehead atoms. The van der Waals surface area contributed by atoms with Crippen LogP contribution in [0, 0.1) is 12.7 Å². The molecule has 2 rings (SSSR count). The van der Waals surface area contributed by atoms with Crippen molar-refractivity contribution < 1.29 is 4.39 Å². The Morgan fingerprint density at radius 2 is 2.24 bits per heavy atom. The zero-order valence-electron chi connectivity index (χ0n) is 11.8. The Kier molecular flexibility index (Phi) is 5.37. The number of hydrogen-bond acceptors (Lipinski definition) is 3. The fourth-order valence-corrected chi connectivity index (χ4v) is 2.90. The van der Waals surface area contributed by atoms with E-state index in [9.17, 15) is 4.39 Å². The number of nitrogens with two attached hydrogens (primary N) is 1. The topological polar surface area (TPSA) is 55.9 Å². The maximum atomic E-state index is 14.1. The first kappa shape index (κ1) is 16.4. The van der Waals surface area contributed by atoms with Gasteiger partial charge in [0.15, 0.2) is 0 Å². The second-order valence-electron chi connectivity index (χ2n) is 4.75. The molecule has 21 heavy (non-hydrogen) atoms. The van der Waals surface area contributed by atoms with Gasteiger partial charge in [0.25, 0.3) is 0 Å². The van der Waals surface area contributed by atoms with Crippen molar-refractivity contribution in [3.05, 3.63) is 50.5 Å². The largest absolute Gasteiger partial charge is 0.271 e. The quantitative estimate of drug-likeness (QED) is 0.621. The maximum Gasteiger partial charge on any atom is 0.129 e. The molecule has 1 heterocycles. The Morgan fingerprint density at radius 1 is 1.52 bits per heavy atom. The molecule has 0 saturated carbocycles. The van der Waals surface area contributed by atoms with E-state index < -0.39 is 0 Å². The van der Waals surface area contributed by atoms with Crippen molar-refractivity contribution in [1.82, 2.24) is 15.2 Å². The van der Waals surface area contributed by atoms with Crippen molar-refractivity contribution in [2.75, 3.05) is 0 Å². The second-order valence-corrected chi connectivity index (χ2v) is 5.98. The monoisotopic (exact) mass is 374 g/mol. The minimum atomic E-state index is -0.374. The maximum absolute atomic E-state index is 14.1. The molecule has 2 aromatic rings. The van der Waals surface area contributed by atoms with Gasteiger partial charge in [-0.05, 0) is 41.9 Å². The molecule has 0 saturated heterocycles. The van der Waals surface area contributed by atoms with Crippen molar-refractivity contribution in [1.29, 1.82) is 0 Å². The van der Waals surface area contributed by atoms with Crippen LogP contribution in [0.25, 0.3) is 0 Å². The minimum absolute atomic E-state index is 0.361. The average Bonchev–Trinajstić information content (AvgIpc) is 2.72. The summed E-state index contributed by atoms with van der Waals surface area (Å²) < 4.78 is 16.9. The number of aromatic nitrogens is 2. The van der Waals surface area contributed by atoms with E-state index in [2.05, 4.69) is 26.5 Å². The predicted molar refractivity (Wildman–Crippen MR) is 85.5 cm³/mol. The van der Waals surface area contributed by atoms with Gasteiger partial charge < -0.3 is 0 Å². The standard InChI is InChI=1S/C14H17BrClFN4/c1-3-21-13(14(15)8(2)20-21)7-12(19-18)10-5-4-9(16)6-11(10)17/h4-6,12,19H,3,7,18H2,1-2H3. The number of hydrazine groups is 1. The second kappa shape index (κ2) is 6.87. The lowest BCUT2D eigenvalue weighted by Crippen LogP contribution is -2.31. The van der Waals surface area contributed by atoms with E-state index in [1.54, 1.807) is 12.1 Å². The number of rotatable bonds is 5. The Labute approximate surface area is 136 Å². The predicted octanol–water partition coefficient (Wildman–Crippen LogP) is 3.51. The third-order valence-corrected chi connectivity index (χ3v) is 4.66. The molecule has 1 unspecified atom stereocenters. The Balaban J connectivity index is 2.35. The van der Waals surface area contributed by atoms with Gasteiger partial charge in [-0.1, -0.05) is 17.7 Å². The van der Waals surface area contributed by atoms with Crippen LogP contribution >= 0.6 is 27.5 Å². The Morgan fingerprint density at radius 3 is 2.81 bits per heavy atom. The highest BCUT2D eigenvalue weighted by Crippen LogP contribution is 2.28. The summed E-state index contributed by atoms with van der Waals surface area (Å²) in [5, 5.41) is 4.80. The SMILES string of the molecule is CCn1nc(C)c(Br)c1CC(NN)c1ccc(Cl)cc1F. The normalized spacial score (nSPS) is 12.7. The molecule has 114 valence electrons. The van der Waals surface area contributed by atoms with Gasteiger partial charge in [0.05, 0.1) is 21.9 Å². The lowest BCUT2D eigenvalue weighted by Gasteiger charge is -2.18. The lowest BCUT2D eigenvalue weighted by molar-refractivity contribution is 0.489. The minimum Gasteiger partial charge on any atom is -0.271 e. The fourth-order valence-electron chi connectivity index (χ4n) is 2.30. The van der Waals surface area contributed by atoms with E-state index in [1.165, 1.54) is 6.07 Å². The summed E-state index contributed by atoms with van der Waals surface area (Å²) in [5.74, 6) is 5.24. The summed E-state index contributed by atoms with van der Waals surface area (Å²) in [6.45, 7) is 4.67. The third-order valence-electron chi connectivity index (χ3n) is 3.39. The van der Waals surface area contributed by atoms with Crippen LogP contribution in [0.2, 0.25) is 5.02 Å². The van der Waals surface area contributed by atoms with Crippen LogP contribution in [0.1, 0.15) is 29.9 Å². The Hall–Kier alpha value is -0.950. The van der Waals surface area contributed by atoms with Crippen molar-refractivity contribution in [2.24, 2.45) is 5.84 Å². The molecule has 0 aliphatic heterocycles. The van der Waals surface area contributed by atoms with E-state index in [1.807, 2.05) is 18.5 Å². The van der Waals surface area contributed by atoms with Gasteiger partial charge in [0.1, 0.15) is 5.82 Å². The van der Waals surface area contributed by atoms with Gasteiger partial charge in [0.2, 0.25) is 0 Å². The fraction of sp³-hybridized carbons (Fsp3) is 0.357. The molecule has 3 N–H and O–H groups in total. The molecular formula is C14H17BrClFN4. The third kappa shape index (κ3) is 3.45. The number of nitrogens with zero attached hydrogens (tertiary/aromatic N) is 2. The Bertz CT molecular complexity index is 644. The van der Waals surface area contributed by atoms with Crippen LogP contribution in [0.4, 0.5) is 4.39 Å². The van der Waals surface area contributed by atoms with Crippen LogP contribution in [0.5, 0.6) is 0 Å². The summed E-state index contributed by atoms with van der Waals surface area (Å²) in [6.07, 6.45) is 0.518. The molecule has 4 nitrogen and oxygen atoms in total. The van der Waals surface area contributed by atoms with Crippen molar-refractivity contribution in [3.63, 3.8) is 0 Å². The summed E-state index contributed by atoms with van der Waals surface area (Å²) in [6, 6.07) is 4.23. The van der Waals surface area contributed by atoms with Crippen LogP contribution < -0.4 is 11.3 Å². The molecular weight excluding hydrogens is 359 g/mol. The smallest absolute Gasteiger partial charge is 0.129 e. The average molecular weight is 376 g/mol. The first-order valence-electron chi connectivity index (χ1n) is 6.60. The summed E-state index contributed by atoms with van der Waals surface area (Å²) >= 11 is 9.32. The highest BCUT2D eigenvalue weighted by Gasteiger charge is 2.20. The zero-order valence-corrected chi connectivity index (χ0v) is 14.2. The first-order valence-corrected chi connectivity index (χ1v) is 7.77. The lowest BCUT2D eigenvalue weighted by atomic mass is 10.0. The molecule has 1 aromatic carbocycles. The van der Waals surface area contributed by atoms with Gasteiger partial charge in [-0.3, -0.25) is 16.0 Å². The van der Waals surface area contributed by atoms with Crippen molar-refractivity contribution >= 4 is 27.5 Å². The molecule has 1 aromatic heterocycles. The number of halogens is 3. The summed E-state index contributed by atoms with van der Waals surface area (Å²) in [4.78, 5) is 0. The van der Waals surface area contributed by atoms with Gasteiger partial charge in [0, 0.05) is 23.6 Å². The first-order chi connectivity index (χ1) is 9.97. The van der Waals surface area contributed by atoms with Gasteiger partial charge in [-0.2, -0.15) is 5.10 Å². The van der Waals surface area contributed by atoms with Crippen LogP contribution in [0.3, 0.4) is 0 Å². The summed E-state index contributed by atoms with van der Waals surface area (Å²) in [7, 11) is 0. The van der Waals surface area contributed by atoms with Crippen molar-refractivity contribution in [2.45, 2.75) is 32.9 Å². The molecule has 0 fully saturated rings. The van der Waals surface area contributed by atoms with Gasteiger partial charge in [-0.15, -0.1) is 0 Å². The molecule has 7 heteroatoms. The number of benzene rings is 1. The van der Waals surface area contributed by atoms with E-state index in [4.69, 9.17) is 17.4 Å². The molecule has 0 spiro atoms. The van der Waals surface area contributed by atoms with E-state index in [0.29, 0.717) is 17.0 Å². The molecule has 1 atom stereocenters. The van der Waals surface area contributed by atoms with Gasteiger partial charge in [-0.25, -0.2) is 4.39 Å². The van der Waals surface area contributed by atoms with E-state index in [0.717, 1.165) is 22.4 Å². The number of aryl methyl sites for hydroxylation is 2. The molecule has 0 radical (unpaired) electrons. The highest BCUT2D eigenvalue weighted by molar-refractivity contribution is 9.10. The zero-order chi connectivity index (χ0) is 15.6. The molecule has 0 aliphatic rings. The van der Waals surface area contributed by atoms with Crippen LogP contribution in [-0.2, 0) is 13.0 Å². The number of hydrogen-bond donors (Lipinski definition) is 2. The number of nitrogens with one attached hydrogen (secondary N) is 1. The van der Waals surface area contributed by atoms with Gasteiger partial charge >= 0.3 is 0 Å². The summed E-state index contributed by atoms with van der Waals surface area (Å²) in [5.41, 5.74) is 5.03. The van der Waals surface area contributed by atoms with E-state index >= 15 is 0 Å². The van der Waals surface area contributed by atoms with E-state index in [-0.39, 0.29) is 11.9 Å². The van der Waals surface area contributed by atoms with Crippen LogP contribution in [-0.4, -0.2) is 9.78 Å². The highest BCUT2D eigenvalue weighted by atomic mass is 79.9. The van der Waals surface area contributed by atoms with Crippen LogP contribution in [0.15, 0.2) is 22.7 Å².